The van der Waals surface area contributed by atoms with Gasteiger partial charge in [0.2, 0.25) is 0 Å². The molecular weight excluding hydrogens is 490 g/mol. The van der Waals surface area contributed by atoms with Crippen LogP contribution < -0.4 is 15.9 Å². The van der Waals surface area contributed by atoms with E-state index in [1.54, 1.807) is 29.8 Å². The number of imidazole rings is 1. The maximum absolute atomic E-state index is 4.97. The Labute approximate surface area is 227 Å². The third-order valence-corrected chi connectivity index (χ3v) is 6.72. The number of anilines is 1. The van der Waals surface area contributed by atoms with Crippen molar-refractivity contribution in [2.75, 3.05) is 26.0 Å². The van der Waals surface area contributed by atoms with Crippen LogP contribution in [0.1, 0.15) is 28.8 Å². The van der Waals surface area contributed by atoms with Crippen LogP contribution in [0, 0.1) is 6.92 Å². The van der Waals surface area contributed by atoms with Gasteiger partial charge in [0, 0.05) is 45.4 Å². The highest BCUT2D eigenvalue weighted by molar-refractivity contribution is 7.11. The molecule has 0 amide bonds. The fourth-order valence-corrected chi connectivity index (χ4v) is 4.89. The first-order valence-electron chi connectivity index (χ1n) is 12.2. The third-order valence-electron chi connectivity index (χ3n) is 5.81. The minimum absolute atomic E-state index is 0.681. The molecule has 3 N–H and O–H groups in total. The molecule has 7 nitrogen and oxygen atoms in total. The summed E-state index contributed by atoms with van der Waals surface area (Å²) < 4.78 is 0. The van der Waals surface area contributed by atoms with E-state index in [1.807, 2.05) is 58.3 Å². The number of pyridine rings is 1. The lowest BCUT2D eigenvalue weighted by atomic mass is 10.1. The Morgan fingerprint density at radius 1 is 1.24 bits per heavy atom. The number of nitrogens with zero attached hydrogens (tertiary/aromatic N) is 4. The van der Waals surface area contributed by atoms with Gasteiger partial charge in [0.15, 0.2) is 5.82 Å². The number of aromatic nitrogens is 5. The SMILES string of the molecule is C=C/C=C(/c1cccs1)c1nc(-c2n[nH]c(=C/C)/c2=C\C(=C)c2cncc(NC(=C)CN(C)C)c2)[nH]c1C. The van der Waals surface area contributed by atoms with Crippen LogP contribution in [-0.2, 0) is 0 Å². The van der Waals surface area contributed by atoms with Crippen molar-refractivity contribution >= 4 is 40.3 Å². The van der Waals surface area contributed by atoms with Crippen LogP contribution in [-0.4, -0.2) is 50.7 Å². The van der Waals surface area contributed by atoms with Crippen molar-refractivity contribution in [1.82, 2.24) is 30.0 Å². The molecule has 8 heteroatoms. The van der Waals surface area contributed by atoms with Gasteiger partial charge >= 0.3 is 0 Å². The Morgan fingerprint density at radius 3 is 2.74 bits per heavy atom. The van der Waals surface area contributed by atoms with Crippen molar-refractivity contribution in [3.05, 3.63) is 106 Å². The number of rotatable bonds is 10. The zero-order valence-electron chi connectivity index (χ0n) is 22.3. The predicted octanol–water partition coefficient (Wildman–Crippen LogP) is 4.96. The first-order valence-corrected chi connectivity index (χ1v) is 13.1. The van der Waals surface area contributed by atoms with Gasteiger partial charge in [-0.1, -0.05) is 44.0 Å². The van der Waals surface area contributed by atoms with E-state index in [2.05, 4.69) is 61.6 Å². The van der Waals surface area contributed by atoms with Crippen molar-refractivity contribution in [2.45, 2.75) is 13.8 Å². The van der Waals surface area contributed by atoms with Crippen LogP contribution in [0.3, 0.4) is 0 Å². The van der Waals surface area contributed by atoms with Gasteiger partial charge < -0.3 is 15.2 Å². The second kappa shape index (κ2) is 11.9. The molecule has 4 aromatic heterocycles. The summed E-state index contributed by atoms with van der Waals surface area (Å²) in [5, 5.41) is 14.9. The molecular formula is C30H33N7S. The van der Waals surface area contributed by atoms with Gasteiger partial charge in [0.05, 0.1) is 22.9 Å². The molecule has 0 aromatic carbocycles. The van der Waals surface area contributed by atoms with Crippen LogP contribution in [0.25, 0.3) is 34.8 Å². The zero-order chi connectivity index (χ0) is 27.2. The molecule has 194 valence electrons. The number of nitrogens with one attached hydrogen (secondary N) is 3. The van der Waals surface area contributed by atoms with E-state index < -0.39 is 0 Å². The van der Waals surface area contributed by atoms with Gasteiger partial charge in [-0.25, -0.2) is 4.98 Å². The predicted molar refractivity (Wildman–Crippen MR) is 161 cm³/mol. The second-order valence-corrected chi connectivity index (χ2v) is 10.1. The number of thiophene rings is 1. The highest BCUT2D eigenvalue weighted by Gasteiger charge is 2.17. The normalized spacial score (nSPS) is 12.8. The van der Waals surface area contributed by atoms with Crippen LogP contribution >= 0.6 is 11.3 Å². The number of aromatic amines is 2. The molecule has 4 rings (SSSR count). The maximum Gasteiger partial charge on any atom is 0.159 e. The number of hydrogen-bond donors (Lipinski definition) is 3. The Hall–Kier alpha value is -4.27. The van der Waals surface area contributed by atoms with Crippen molar-refractivity contribution in [3.8, 4) is 11.5 Å². The van der Waals surface area contributed by atoms with E-state index in [0.717, 1.165) is 67.2 Å². The lowest BCUT2D eigenvalue weighted by Gasteiger charge is -2.14. The molecule has 0 atom stereocenters. The van der Waals surface area contributed by atoms with Crippen molar-refractivity contribution in [2.24, 2.45) is 0 Å². The number of allylic oxidation sites excluding steroid dienone is 3. The molecule has 0 bridgehead atoms. The summed E-state index contributed by atoms with van der Waals surface area (Å²) in [4.78, 5) is 16.0. The van der Waals surface area contributed by atoms with E-state index >= 15 is 0 Å². The Morgan fingerprint density at radius 2 is 2.05 bits per heavy atom. The highest BCUT2D eigenvalue weighted by atomic mass is 32.1. The minimum Gasteiger partial charge on any atom is -0.357 e. The average molecular weight is 524 g/mol. The van der Waals surface area contributed by atoms with Gasteiger partial charge in [-0.2, -0.15) is 5.10 Å². The average Bonchev–Trinajstić information content (AvgIpc) is 3.62. The Balaban J connectivity index is 1.72. The summed E-state index contributed by atoms with van der Waals surface area (Å²) in [6.07, 6.45) is 11.4. The summed E-state index contributed by atoms with van der Waals surface area (Å²) in [5.41, 5.74) is 7.02. The van der Waals surface area contributed by atoms with Crippen LogP contribution in [0.4, 0.5) is 5.69 Å². The molecule has 4 heterocycles. The van der Waals surface area contributed by atoms with Gasteiger partial charge in [0.25, 0.3) is 0 Å². The molecule has 0 saturated heterocycles. The number of H-pyrrole nitrogens is 2. The summed E-state index contributed by atoms with van der Waals surface area (Å²) in [6, 6.07) is 6.14. The van der Waals surface area contributed by atoms with E-state index in [4.69, 9.17) is 4.98 Å². The van der Waals surface area contributed by atoms with E-state index in [9.17, 15) is 0 Å². The summed E-state index contributed by atoms with van der Waals surface area (Å²) in [7, 11) is 4.01. The first-order chi connectivity index (χ1) is 18.3. The molecule has 0 aliphatic carbocycles. The molecule has 0 aliphatic heterocycles. The Kier molecular flexibility index (Phi) is 8.35. The van der Waals surface area contributed by atoms with Crippen molar-refractivity contribution < 1.29 is 0 Å². The van der Waals surface area contributed by atoms with Crippen LogP contribution in [0.5, 0.6) is 0 Å². The minimum atomic E-state index is 0.681. The Bertz CT molecular complexity index is 1610. The smallest absolute Gasteiger partial charge is 0.159 e. The lowest BCUT2D eigenvalue weighted by Crippen LogP contribution is -2.23. The third kappa shape index (κ3) is 5.99. The number of hydrogen-bond acceptors (Lipinski definition) is 6. The highest BCUT2D eigenvalue weighted by Crippen LogP contribution is 2.29. The largest absolute Gasteiger partial charge is 0.357 e. The lowest BCUT2D eigenvalue weighted by molar-refractivity contribution is 0.447. The molecule has 0 unspecified atom stereocenters. The molecule has 0 spiro atoms. The zero-order valence-corrected chi connectivity index (χ0v) is 23.1. The molecule has 0 saturated carbocycles. The summed E-state index contributed by atoms with van der Waals surface area (Å²) >= 11 is 1.67. The number of likely N-dealkylation sites (N-methyl/N-ethyl adjacent to an activating group) is 1. The van der Waals surface area contributed by atoms with Crippen molar-refractivity contribution in [3.63, 3.8) is 0 Å². The molecule has 0 fully saturated rings. The monoisotopic (exact) mass is 523 g/mol. The maximum atomic E-state index is 4.97. The summed E-state index contributed by atoms with van der Waals surface area (Å²) in [5.74, 6) is 0.681. The topological polar surface area (TPSA) is 85.5 Å². The van der Waals surface area contributed by atoms with E-state index in [1.165, 1.54) is 0 Å². The quantitative estimate of drug-likeness (QED) is 0.256. The number of aryl methyl sites for hydroxylation is 1. The van der Waals surface area contributed by atoms with Gasteiger partial charge in [-0.05, 0) is 57.1 Å². The van der Waals surface area contributed by atoms with Gasteiger partial charge in [-0.15, -0.1) is 11.3 Å². The fourth-order valence-electron chi connectivity index (χ4n) is 4.14. The van der Waals surface area contributed by atoms with E-state index in [0.29, 0.717) is 5.82 Å². The molecule has 38 heavy (non-hydrogen) atoms. The molecule has 0 radical (unpaired) electrons. The summed E-state index contributed by atoms with van der Waals surface area (Å²) in [6.45, 7) is 17.0. The first kappa shape index (κ1) is 26.8. The fraction of sp³-hybridized carbons (Fsp3) is 0.167. The van der Waals surface area contributed by atoms with Crippen molar-refractivity contribution in [1.29, 1.82) is 0 Å². The molecule has 0 aliphatic rings. The van der Waals surface area contributed by atoms with Gasteiger partial charge in [0.1, 0.15) is 5.69 Å². The van der Waals surface area contributed by atoms with Crippen LogP contribution in [0.15, 0.2) is 73.6 Å². The van der Waals surface area contributed by atoms with Crippen LogP contribution in [0.2, 0.25) is 0 Å². The second-order valence-electron chi connectivity index (χ2n) is 9.14. The van der Waals surface area contributed by atoms with Gasteiger partial charge in [-0.3, -0.25) is 10.1 Å². The standard InChI is InChI=1S/C30H33N7S/c1-8-11-24(27-12-10-13-38-27)28-21(5)33-30(34-28)29-25(26(9-2)35-36-29)14-19(3)22-15-23(17-31-16-22)32-20(4)18-37(6)7/h8-17,32,35H,1,3-4,18H2,2,5-7H3,(H,33,34)/b24-11-,25-14+,26-9+. The van der Waals surface area contributed by atoms with E-state index in [-0.39, 0.29) is 0 Å². The molecule has 4 aromatic rings.